The van der Waals surface area contributed by atoms with Crippen molar-refractivity contribution in [3.8, 4) is 11.7 Å². The van der Waals surface area contributed by atoms with Gasteiger partial charge in [0.15, 0.2) is 0 Å². The topological polar surface area (TPSA) is 66.0 Å². The molecule has 0 radical (unpaired) electrons. The fourth-order valence-corrected chi connectivity index (χ4v) is 1.84. The van der Waals surface area contributed by atoms with Gasteiger partial charge in [-0.1, -0.05) is 32.0 Å². The second-order valence-electron chi connectivity index (χ2n) is 5.63. The lowest BCUT2D eigenvalue weighted by Gasteiger charge is -2.21. The van der Waals surface area contributed by atoms with E-state index in [1.165, 1.54) is 0 Å². The molecular formula is C15H22N4O. The van der Waals surface area contributed by atoms with Crippen molar-refractivity contribution in [2.24, 2.45) is 11.1 Å². The fraction of sp³-hybridized carbons (Fsp3) is 0.467. The van der Waals surface area contributed by atoms with Crippen molar-refractivity contribution in [1.82, 2.24) is 14.8 Å². The first kappa shape index (κ1) is 14.5. The lowest BCUT2D eigenvalue weighted by molar-refractivity contribution is 0.247. The summed E-state index contributed by atoms with van der Waals surface area (Å²) in [6.07, 6.45) is 3.64. The van der Waals surface area contributed by atoms with E-state index < -0.39 is 0 Å². The number of ether oxygens (including phenoxy) is 1. The number of hydrogen-bond donors (Lipinski definition) is 1. The summed E-state index contributed by atoms with van der Waals surface area (Å²) in [5, 5.41) is 4.29. The molecule has 0 aliphatic rings. The van der Waals surface area contributed by atoms with Crippen LogP contribution in [0.4, 0.5) is 0 Å². The molecule has 1 aromatic carbocycles. The lowest BCUT2D eigenvalue weighted by Crippen LogP contribution is -2.24. The summed E-state index contributed by atoms with van der Waals surface area (Å²) in [6, 6.07) is 10.3. The average molecular weight is 274 g/mol. The van der Waals surface area contributed by atoms with Crippen molar-refractivity contribution in [3.05, 3.63) is 36.7 Å². The molecule has 0 saturated carbocycles. The zero-order chi connectivity index (χ0) is 14.4. The normalized spacial score (nSPS) is 11.6. The molecule has 0 spiro atoms. The zero-order valence-electron chi connectivity index (χ0n) is 12.1. The van der Waals surface area contributed by atoms with E-state index in [9.17, 15) is 0 Å². The molecule has 0 unspecified atom stereocenters. The number of benzene rings is 1. The standard InChI is InChI=1S/C15H22N4O/c1-15(2,11-16)9-6-10-20-14-17-12-19(18-14)13-7-4-3-5-8-13/h3-5,7-8,12H,6,9-11,16H2,1-2H3. The van der Waals surface area contributed by atoms with E-state index in [4.69, 9.17) is 10.5 Å². The third kappa shape index (κ3) is 4.06. The van der Waals surface area contributed by atoms with Gasteiger partial charge in [-0.2, -0.15) is 4.98 Å². The molecule has 20 heavy (non-hydrogen) atoms. The van der Waals surface area contributed by atoms with Crippen LogP contribution in [0.25, 0.3) is 5.69 Å². The molecule has 0 atom stereocenters. The van der Waals surface area contributed by atoms with E-state index in [0.29, 0.717) is 19.2 Å². The smallest absolute Gasteiger partial charge is 0.335 e. The van der Waals surface area contributed by atoms with Crippen LogP contribution >= 0.6 is 0 Å². The highest BCUT2D eigenvalue weighted by atomic mass is 16.5. The number of hydrogen-bond acceptors (Lipinski definition) is 4. The van der Waals surface area contributed by atoms with E-state index in [1.807, 2.05) is 30.3 Å². The van der Waals surface area contributed by atoms with Crippen molar-refractivity contribution in [2.75, 3.05) is 13.2 Å². The van der Waals surface area contributed by atoms with Crippen LogP contribution in [0.1, 0.15) is 26.7 Å². The predicted octanol–water partition coefficient (Wildman–Crippen LogP) is 2.41. The molecule has 2 N–H and O–H groups in total. The third-order valence-corrected chi connectivity index (χ3v) is 3.27. The number of rotatable bonds is 7. The van der Waals surface area contributed by atoms with Crippen LogP contribution in [0.15, 0.2) is 36.7 Å². The first-order chi connectivity index (χ1) is 9.61. The Hall–Kier alpha value is -1.88. The Bertz CT molecular complexity index is 522. The van der Waals surface area contributed by atoms with E-state index in [-0.39, 0.29) is 5.41 Å². The Morgan fingerprint density at radius 3 is 2.70 bits per heavy atom. The van der Waals surface area contributed by atoms with Crippen molar-refractivity contribution >= 4 is 0 Å². The maximum absolute atomic E-state index is 5.70. The molecule has 2 aromatic rings. The summed E-state index contributed by atoms with van der Waals surface area (Å²) >= 11 is 0. The first-order valence-electron chi connectivity index (χ1n) is 6.91. The van der Waals surface area contributed by atoms with Crippen LogP contribution in [0.5, 0.6) is 6.01 Å². The maximum atomic E-state index is 5.70. The van der Waals surface area contributed by atoms with E-state index in [1.54, 1.807) is 11.0 Å². The number of para-hydroxylation sites is 1. The first-order valence-corrected chi connectivity index (χ1v) is 6.91. The molecule has 0 amide bonds. The van der Waals surface area contributed by atoms with Crippen molar-refractivity contribution in [1.29, 1.82) is 0 Å². The van der Waals surface area contributed by atoms with Gasteiger partial charge < -0.3 is 10.5 Å². The molecular weight excluding hydrogens is 252 g/mol. The van der Waals surface area contributed by atoms with Crippen LogP contribution < -0.4 is 10.5 Å². The van der Waals surface area contributed by atoms with Gasteiger partial charge in [-0.25, -0.2) is 4.68 Å². The molecule has 5 nitrogen and oxygen atoms in total. The molecule has 0 aliphatic carbocycles. The monoisotopic (exact) mass is 274 g/mol. The molecule has 2 rings (SSSR count). The molecule has 108 valence electrons. The number of aromatic nitrogens is 3. The van der Waals surface area contributed by atoms with Crippen LogP contribution in [0, 0.1) is 5.41 Å². The van der Waals surface area contributed by atoms with Crippen molar-refractivity contribution in [2.45, 2.75) is 26.7 Å². The minimum atomic E-state index is 0.167. The Morgan fingerprint density at radius 2 is 2.00 bits per heavy atom. The molecule has 0 bridgehead atoms. The van der Waals surface area contributed by atoms with Gasteiger partial charge in [-0.05, 0) is 36.9 Å². The minimum Gasteiger partial charge on any atom is -0.462 e. The highest BCUT2D eigenvalue weighted by Gasteiger charge is 2.14. The Kier molecular flexibility index (Phi) is 4.74. The predicted molar refractivity (Wildman–Crippen MR) is 78.9 cm³/mol. The van der Waals surface area contributed by atoms with Gasteiger partial charge >= 0.3 is 6.01 Å². The van der Waals surface area contributed by atoms with E-state index in [0.717, 1.165) is 18.5 Å². The minimum absolute atomic E-state index is 0.167. The van der Waals surface area contributed by atoms with E-state index >= 15 is 0 Å². The zero-order valence-corrected chi connectivity index (χ0v) is 12.1. The summed E-state index contributed by atoms with van der Waals surface area (Å²) in [7, 11) is 0. The van der Waals surface area contributed by atoms with Crippen LogP contribution in [-0.4, -0.2) is 27.9 Å². The fourth-order valence-electron chi connectivity index (χ4n) is 1.84. The summed E-state index contributed by atoms with van der Waals surface area (Å²) in [5.41, 5.74) is 6.84. The van der Waals surface area contributed by atoms with Crippen LogP contribution in [0.3, 0.4) is 0 Å². The Balaban J connectivity index is 1.82. The summed E-state index contributed by atoms with van der Waals surface area (Å²) < 4.78 is 7.27. The second kappa shape index (κ2) is 6.52. The number of nitrogens with two attached hydrogens (primary N) is 1. The Labute approximate surface area is 119 Å². The van der Waals surface area contributed by atoms with Gasteiger partial charge in [0.2, 0.25) is 0 Å². The van der Waals surface area contributed by atoms with Crippen molar-refractivity contribution < 1.29 is 4.74 Å². The van der Waals surface area contributed by atoms with Gasteiger partial charge in [0.05, 0.1) is 12.3 Å². The van der Waals surface area contributed by atoms with Crippen molar-refractivity contribution in [3.63, 3.8) is 0 Å². The highest BCUT2D eigenvalue weighted by Crippen LogP contribution is 2.20. The molecule has 0 aliphatic heterocycles. The van der Waals surface area contributed by atoms with E-state index in [2.05, 4.69) is 23.9 Å². The van der Waals surface area contributed by atoms with Gasteiger partial charge in [-0.15, -0.1) is 5.10 Å². The molecule has 1 aromatic heterocycles. The maximum Gasteiger partial charge on any atom is 0.335 e. The molecule has 0 saturated heterocycles. The third-order valence-electron chi connectivity index (χ3n) is 3.27. The SMILES string of the molecule is CC(C)(CN)CCCOc1ncn(-c2ccccc2)n1. The van der Waals surface area contributed by atoms with Crippen LogP contribution in [0.2, 0.25) is 0 Å². The molecule has 1 heterocycles. The highest BCUT2D eigenvalue weighted by molar-refractivity contribution is 5.29. The van der Waals surface area contributed by atoms with Gasteiger partial charge in [0.1, 0.15) is 6.33 Å². The van der Waals surface area contributed by atoms with Crippen LogP contribution in [-0.2, 0) is 0 Å². The second-order valence-corrected chi connectivity index (χ2v) is 5.63. The molecule has 0 fully saturated rings. The van der Waals surface area contributed by atoms with Gasteiger partial charge in [-0.3, -0.25) is 0 Å². The Morgan fingerprint density at radius 1 is 1.25 bits per heavy atom. The van der Waals surface area contributed by atoms with Gasteiger partial charge in [0.25, 0.3) is 0 Å². The molecule has 5 heteroatoms. The lowest BCUT2D eigenvalue weighted by atomic mass is 9.88. The van der Waals surface area contributed by atoms with Gasteiger partial charge in [0, 0.05) is 0 Å². The average Bonchev–Trinajstić information content (AvgIpc) is 2.93. The summed E-state index contributed by atoms with van der Waals surface area (Å²) in [5.74, 6) is 0. The summed E-state index contributed by atoms with van der Waals surface area (Å²) in [4.78, 5) is 4.15. The number of nitrogens with zero attached hydrogens (tertiary/aromatic N) is 3. The quantitative estimate of drug-likeness (QED) is 0.787. The summed E-state index contributed by atoms with van der Waals surface area (Å²) in [6.45, 7) is 5.63. The largest absolute Gasteiger partial charge is 0.462 e.